The summed E-state index contributed by atoms with van der Waals surface area (Å²) in [6.45, 7) is 0.527. The van der Waals surface area contributed by atoms with Crippen molar-refractivity contribution in [1.82, 2.24) is 10.1 Å². The average Bonchev–Trinajstić information content (AvgIpc) is 3.39. The van der Waals surface area contributed by atoms with Crippen LogP contribution in [0.1, 0.15) is 18.4 Å². The molecule has 2 heterocycles. The third-order valence-electron chi connectivity index (χ3n) is 4.91. The number of carbonyl (C=O) groups excluding carboxylic acids is 1. The number of rotatable bonds is 6. The summed E-state index contributed by atoms with van der Waals surface area (Å²) in [5.74, 6) is 0.142. The van der Waals surface area contributed by atoms with Crippen LogP contribution in [0.4, 0.5) is 5.69 Å². The molecule has 0 fully saturated rings. The second kappa shape index (κ2) is 8.16. The van der Waals surface area contributed by atoms with Crippen LogP contribution >= 0.6 is 11.6 Å². The number of anilines is 1. The summed E-state index contributed by atoms with van der Waals surface area (Å²) in [7, 11) is 1.54. The van der Waals surface area contributed by atoms with Crippen LogP contribution in [0.25, 0.3) is 22.8 Å². The zero-order valence-corrected chi connectivity index (χ0v) is 16.8. The van der Waals surface area contributed by atoms with E-state index >= 15 is 0 Å². The van der Waals surface area contributed by atoms with Gasteiger partial charge in [0.2, 0.25) is 11.7 Å². The van der Waals surface area contributed by atoms with Crippen molar-refractivity contribution in [2.45, 2.75) is 19.3 Å². The van der Waals surface area contributed by atoms with E-state index in [9.17, 15) is 9.59 Å². The normalized spacial score (nSPS) is 12.7. The Morgan fingerprint density at radius 3 is 2.73 bits per heavy atom. The van der Waals surface area contributed by atoms with Gasteiger partial charge in [-0.2, -0.15) is 4.98 Å². The van der Waals surface area contributed by atoms with Crippen LogP contribution < -0.4 is 9.64 Å². The molecule has 8 nitrogen and oxygen atoms in total. The molecular formula is C21H18ClN3O5. The molecular weight excluding hydrogens is 410 g/mol. The van der Waals surface area contributed by atoms with E-state index in [4.69, 9.17) is 26.0 Å². The summed E-state index contributed by atoms with van der Waals surface area (Å²) in [6.07, 6.45) is 0.486. The highest BCUT2D eigenvalue weighted by Gasteiger charge is 2.25. The maximum Gasteiger partial charge on any atom is 0.303 e. The number of halogens is 1. The Morgan fingerprint density at radius 1 is 1.20 bits per heavy atom. The van der Waals surface area contributed by atoms with Gasteiger partial charge >= 0.3 is 5.97 Å². The second-order valence-electron chi connectivity index (χ2n) is 6.81. The molecule has 1 aromatic heterocycles. The Labute approximate surface area is 177 Å². The number of methoxy groups -OCH3 is 1. The number of ether oxygens (including phenoxy) is 1. The van der Waals surface area contributed by atoms with Crippen LogP contribution in [0, 0.1) is 0 Å². The Bertz CT molecular complexity index is 1130. The zero-order valence-electron chi connectivity index (χ0n) is 16.1. The van der Waals surface area contributed by atoms with E-state index in [2.05, 4.69) is 10.1 Å². The van der Waals surface area contributed by atoms with Gasteiger partial charge in [-0.25, -0.2) is 0 Å². The highest BCUT2D eigenvalue weighted by molar-refractivity contribution is 6.32. The molecule has 3 aromatic rings. The molecule has 0 saturated heterocycles. The first-order chi connectivity index (χ1) is 14.5. The molecule has 1 aliphatic rings. The Kier molecular flexibility index (Phi) is 5.41. The molecule has 0 aliphatic carbocycles. The summed E-state index contributed by atoms with van der Waals surface area (Å²) >= 11 is 6.17. The van der Waals surface area contributed by atoms with Crippen molar-refractivity contribution in [3.63, 3.8) is 0 Å². The number of aliphatic carboxylic acids is 1. The Balaban J connectivity index is 1.55. The first kappa shape index (κ1) is 19.9. The highest BCUT2D eigenvalue weighted by Crippen LogP contribution is 2.34. The van der Waals surface area contributed by atoms with Crippen molar-refractivity contribution >= 4 is 29.2 Å². The fourth-order valence-electron chi connectivity index (χ4n) is 3.41. The quantitative estimate of drug-likeness (QED) is 0.637. The van der Waals surface area contributed by atoms with Gasteiger partial charge in [-0.1, -0.05) is 16.8 Å². The number of nitrogens with zero attached hydrogens (tertiary/aromatic N) is 3. The maximum atomic E-state index is 12.3. The van der Waals surface area contributed by atoms with E-state index in [1.54, 1.807) is 30.2 Å². The van der Waals surface area contributed by atoms with Gasteiger partial charge in [-0.15, -0.1) is 0 Å². The van der Waals surface area contributed by atoms with Crippen molar-refractivity contribution in [1.29, 1.82) is 0 Å². The predicted octanol–water partition coefficient (Wildman–Crippen LogP) is 3.82. The van der Waals surface area contributed by atoms with Crippen molar-refractivity contribution in [2.24, 2.45) is 0 Å². The summed E-state index contributed by atoms with van der Waals surface area (Å²) in [4.78, 5) is 29.1. The third kappa shape index (κ3) is 3.86. The summed E-state index contributed by atoms with van der Waals surface area (Å²) in [6, 6.07) is 10.8. The highest BCUT2D eigenvalue weighted by atomic mass is 35.5. The van der Waals surface area contributed by atoms with E-state index in [0.717, 1.165) is 16.8 Å². The molecule has 154 valence electrons. The maximum absolute atomic E-state index is 12.3. The van der Waals surface area contributed by atoms with E-state index in [0.29, 0.717) is 41.0 Å². The number of carboxylic acid groups (broad SMARTS) is 1. The lowest BCUT2D eigenvalue weighted by molar-refractivity contribution is -0.138. The van der Waals surface area contributed by atoms with E-state index in [1.807, 2.05) is 18.2 Å². The lowest BCUT2D eigenvalue weighted by atomic mass is 10.1. The van der Waals surface area contributed by atoms with Crippen LogP contribution in [0.2, 0.25) is 5.02 Å². The molecule has 30 heavy (non-hydrogen) atoms. The smallest absolute Gasteiger partial charge is 0.303 e. The number of benzene rings is 2. The van der Waals surface area contributed by atoms with E-state index in [-0.39, 0.29) is 18.7 Å². The molecule has 9 heteroatoms. The fourth-order valence-corrected chi connectivity index (χ4v) is 3.66. The average molecular weight is 428 g/mol. The number of hydrogen-bond donors (Lipinski definition) is 1. The van der Waals surface area contributed by atoms with Crippen LogP contribution in [0.5, 0.6) is 5.75 Å². The monoisotopic (exact) mass is 427 g/mol. The molecule has 1 aliphatic heterocycles. The van der Waals surface area contributed by atoms with Crippen LogP contribution in [0.3, 0.4) is 0 Å². The van der Waals surface area contributed by atoms with E-state index in [1.165, 1.54) is 0 Å². The first-order valence-electron chi connectivity index (χ1n) is 9.29. The van der Waals surface area contributed by atoms with Crippen LogP contribution in [0.15, 0.2) is 40.9 Å². The second-order valence-corrected chi connectivity index (χ2v) is 7.21. The number of fused-ring (bicyclic) bond motifs is 1. The van der Waals surface area contributed by atoms with E-state index < -0.39 is 5.97 Å². The molecule has 0 radical (unpaired) electrons. The molecule has 1 N–H and O–H groups in total. The molecule has 1 amide bonds. The Morgan fingerprint density at radius 2 is 2.00 bits per heavy atom. The van der Waals surface area contributed by atoms with Crippen LogP contribution in [-0.2, 0) is 16.0 Å². The zero-order chi connectivity index (χ0) is 21.3. The lowest BCUT2D eigenvalue weighted by Gasteiger charge is -2.16. The topological polar surface area (TPSA) is 106 Å². The lowest BCUT2D eigenvalue weighted by Crippen LogP contribution is -2.29. The largest absolute Gasteiger partial charge is 0.495 e. The summed E-state index contributed by atoms with van der Waals surface area (Å²) in [5.41, 5.74) is 3.22. The fraction of sp³-hybridized carbons (Fsp3) is 0.238. The molecule has 0 bridgehead atoms. The molecule has 4 rings (SSSR count). The van der Waals surface area contributed by atoms with Crippen LogP contribution in [-0.4, -0.2) is 40.8 Å². The van der Waals surface area contributed by atoms with Crippen molar-refractivity contribution in [2.75, 3.05) is 18.6 Å². The van der Waals surface area contributed by atoms with Crippen molar-refractivity contribution < 1.29 is 24.0 Å². The predicted molar refractivity (Wildman–Crippen MR) is 110 cm³/mol. The minimum atomic E-state index is -0.982. The van der Waals surface area contributed by atoms with Gasteiger partial charge in [-0.05, 0) is 48.4 Å². The van der Waals surface area contributed by atoms with Gasteiger partial charge in [0, 0.05) is 29.8 Å². The molecule has 0 unspecified atom stereocenters. The molecule has 0 atom stereocenters. The van der Waals surface area contributed by atoms with Gasteiger partial charge in [0.25, 0.3) is 5.89 Å². The number of carboxylic acids is 1. The minimum Gasteiger partial charge on any atom is -0.495 e. The van der Waals surface area contributed by atoms with Gasteiger partial charge in [-0.3, -0.25) is 9.59 Å². The minimum absolute atomic E-state index is 0.0187. The molecule has 2 aromatic carbocycles. The van der Waals surface area contributed by atoms with Gasteiger partial charge in [0.15, 0.2) is 0 Å². The summed E-state index contributed by atoms with van der Waals surface area (Å²) < 4.78 is 10.5. The van der Waals surface area contributed by atoms with Gasteiger partial charge < -0.3 is 19.3 Å². The van der Waals surface area contributed by atoms with Crippen molar-refractivity contribution in [3.05, 3.63) is 47.0 Å². The summed E-state index contributed by atoms with van der Waals surface area (Å²) in [5, 5.41) is 13.3. The first-order valence-corrected chi connectivity index (χ1v) is 9.67. The van der Waals surface area contributed by atoms with Gasteiger partial charge in [0.1, 0.15) is 5.75 Å². The number of carbonyl (C=O) groups is 2. The number of amides is 1. The standard InChI is InChI=1S/C21H18ClN3O5/c1-29-17-5-3-14(11-15(17)22)21-23-20(24-30-21)13-2-4-16-12(10-13)8-9-25(16)18(26)6-7-19(27)28/h2-5,10-11H,6-9H2,1H3,(H,27,28). The van der Waals surface area contributed by atoms with Gasteiger partial charge in [0.05, 0.1) is 18.6 Å². The molecule has 0 spiro atoms. The number of hydrogen-bond acceptors (Lipinski definition) is 6. The SMILES string of the molecule is COc1ccc(-c2nc(-c3ccc4c(c3)CCN4C(=O)CCC(=O)O)no2)cc1Cl. The Hall–Kier alpha value is -3.39. The molecule has 0 saturated carbocycles. The number of aromatic nitrogens is 2. The third-order valence-corrected chi connectivity index (χ3v) is 5.21. The van der Waals surface area contributed by atoms with Crippen molar-refractivity contribution in [3.8, 4) is 28.6 Å².